The van der Waals surface area contributed by atoms with Crippen LogP contribution in [0.3, 0.4) is 0 Å². The van der Waals surface area contributed by atoms with Crippen LogP contribution in [0.2, 0.25) is 0 Å². The molecule has 10 atom stereocenters. The molecule has 0 unspecified atom stereocenters. The van der Waals surface area contributed by atoms with Crippen LogP contribution in [0.15, 0.2) is 0 Å². The second kappa shape index (κ2) is 8.43. The highest BCUT2D eigenvalue weighted by Crippen LogP contribution is 2.68. The van der Waals surface area contributed by atoms with Crippen molar-refractivity contribution in [3.05, 3.63) is 0 Å². The molecule has 0 aromatic carbocycles. The van der Waals surface area contributed by atoms with E-state index in [2.05, 4.69) is 27.7 Å². The molecule has 0 aromatic rings. The molecule has 4 saturated carbocycles. The predicted molar refractivity (Wildman–Crippen MR) is 122 cm³/mol. The third-order valence-corrected chi connectivity index (χ3v) is 10.7. The first-order chi connectivity index (χ1) is 15.0. The zero-order valence-corrected chi connectivity index (χ0v) is 20.6. The van der Waals surface area contributed by atoms with Crippen molar-refractivity contribution < 1.29 is 24.2 Å². The quantitative estimate of drug-likeness (QED) is 0.564. The Labute approximate surface area is 193 Å². The summed E-state index contributed by atoms with van der Waals surface area (Å²) >= 11 is 0. The molecule has 32 heavy (non-hydrogen) atoms. The number of rotatable bonds is 5. The van der Waals surface area contributed by atoms with Crippen LogP contribution in [-0.4, -0.2) is 28.9 Å². The lowest BCUT2D eigenvalue weighted by Gasteiger charge is -2.62. The minimum absolute atomic E-state index is 0.0504. The SMILES string of the molecule is CC[C@@H]1C(=O)[C@@H]2[C@H](CC[C@]3(C)[C@@H]([C@H](C)CC(=O)O)CC[C@@H]23)[C@@]2(C)CC[C@@H](OC(C)=O)C[C@@H]12. The first-order valence-corrected chi connectivity index (χ1v) is 13.0. The van der Waals surface area contributed by atoms with Crippen LogP contribution < -0.4 is 0 Å². The number of aliphatic carboxylic acids is 1. The van der Waals surface area contributed by atoms with E-state index in [-0.39, 0.29) is 47.1 Å². The molecule has 0 spiro atoms. The molecule has 0 saturated heterocycles. The van der Waals surface area contributed by atoms with Crippen LogP contribution in [0.5, 0.6) is 0 Å². The number of carboxylic acids is 1. The summed E-state index contributed by atoms with van der Waals surface area (Å²) in [4.78, 5) is 37.0. The van der Waals surface area contributed by atoms with Crippen molar-refractivity contribution in [1.82, 2.24) is 0 Å². The van der Waals surface area contributed by atoms with E-state index in [0.717, 1.165) is 51.4 Å². The average Bonchev–Trinajstić information content (AvgIpc) is 3.05. The highest BCUT2D eigenvalue weighted by molar-refractivity contribution is 5.86. The second-order valence-electron chi connectivity index (χ2n) is 12.1. The molecule has 0 aromatic heterocycles. The van der Waals surface area contributed by atoms with Gasteiger partial charge in [-0.2, -0.15) is 0 Å². The molecule has 5 heteroatoms. The van der Waals surface area contributed by atoms with Crippen molar-refractivity contribution in [2.24, 2.45) is 52.3 Å². The van der Waals surface area contributed by atoms with Gasteiger partial charge in [0.2, 0.25) is 0 Å². The molecule has 4 fully saturated rings. The molecular weight excluding hydrogens is 404 g/mol. The fraction of sp³-hybridized carbons (Fsp3) is 0.889. The molecule has 0 amide bonds. The normalized spacial score (nSPS) is 46.5. The van der Waals surface area contributed by atoms with Gasteiger partial charge in [0.15, 0.2) is 0 Å². The number of carboxylic acid groups (broad SMARTS) is 1. The Morgan fingerprint density at radius 3 is 2.34 bits per heavy atom. The summed E-state index contributed by atoms with van der Waals surface area (Å²) < 4.78 is 5.61. The van der Waals surface area contributed by atoms with Crippen molar-refractivity contribution >= 4 is 17.7 Å². The Morgan fingerprint density at radius 2 is 1.72 bits per heavy atom. The lowest BCUT2D eigenvalue weighted by atomic mass is 9.42. The van der Waals surface area contributed by atoms with Crippen molar-refractivity contribution in [2.75, 3.05) is 0 Å². The summed E-state index contributed by atoms with van der Waals surface area (Å²) in [5.74, 6) is 1.35. The third-order valence-electron chi connectivity index (χ3n) is 10.7. The summed E-state index contributed by atoms with van der Waals surface area (Å²) in [6.07, 6.45) is 8.08. The summed E-state index contributed by atoms with van der Waals surface area (Å²) in [5, 5.41) is 9.37. The topological polar surface area (TPSA) is 80.7 Å². The van der Waals surface area contributed by atoms with Gasteiger partial charge in [-0.15, -0.1) is 0 Å². The molecule has 4 rings (SSSR count). The zero-order chi connectivity index (χ0) is 23.4. The third kappa shape index (κ3) is 3.62. The molecule has 0 radical (unpaired) electrons. The van der Waals surface area contributed by atoms with E-state index in [9.17, 15) is 19.5 Å². The van der Waals surface area contributed by atoms with Crippen LogP contribution in [0.1, 0.15) is 92.4 Å². The Kier molecular flexibility index (Phi) is 6.26. The van der Waals surface area contributed by atoms with Gasteiger partial charge < -0.3 is 9.84 Å². The van der Waals surface area contributed by atoms with Crippen molar-refractivity contribution in [3.8, 4) is 0 Å². The summed E-state index contributed by atoms with van der Waals surface area (Å²) in [6, 6.07) is 0. The lowest BCUT2D eigenvalue weighted by molar-refractivity contribution is -0.178. The van der Waals surface area contributed by atoms with E-state index in [0.29, 0.717) is 29.5 Å². The standard InChI is InChI=1S/C27H42O5/c1-6-18-22-14-17(32-16(3)28)9-11-27(22,5)21-10-12-26(4)19(15(2)13-23(29)30)7-8-20(26)24(21)25(18)31/h15,17-22,24H,6-14H2,1-5H3,(H,29,30)/t15-,17-,18+,19-,20+,21+,22+,24+,26-,27-/m1/s1. The van der Waals surface area contributed by atoms with E-state index in [4.69, 9.17) is 4.74 Å². The molecule has 0 aliphatic heterocycles. The Balaban J connectivity index is 1.63. The van der Waals surface area contributed by atoms with Gasteiger partial charge in [0.25, 0.3) is 0 Å². The highest BCUT2D eigenvalue weighted by atomic mass is 16.5. The smallest absolute Gasteiger partial charge is 0.303 e. The second-order valence-corrected chi connectivity index (χ2v) is 12.1. The Morgan fingerprint density at radius 1 is 1.06 bits per heavy atom. The van der Waals surface area contributed by atoms with Crippen molar-refractivity contribution in [2.45, 2.75) is 98.5 Å². The van der Waals surface area contributed by atoms with Gasteiger partial charge in [0.1, 0.15) is 11.9 Å². The van der Waals surface area contributed by atoms with Gasteiger partial charge in [-0.3, -0.25) is 14.4 Å². The maximum Gasteiger partial charge on any atom is 0.303 e. The van der Waals surface area contributed by atoms with Gasteiger partial charge in [-0.25, -0.2) is 0 Å². The molecule has 5 nitrogen and oxygen atoms in total. The van der Waals surface area contributed by atoms with Crippen molar-refractivity contribution in [1.29, 1.82) is 0 Å². The number of carbonyl (C=O) groups is 3. The van der Waals surface area contributed by atoms with Gasteiger partial charge in [0, 0.05) is 25.2 Å². The fourth-order valence-electron chi connectivity index (χ4n) is 9.35. The van der Waals surface area contributed by atoms with Crippen LogP contribution in [0.25, 0.3) is 0 Å². The van der Waals surface area contributed by atoms with Crippen LogP contribution in [0, 0.1) is 52.3 Å². The van der Waals surface area contributed by atoms with Gasteiger partial charge >= 0.3 is 11.9 Å². The summed E-state index contributed by atoms with van der Waals surface area (Å²) in [5.41, 5.74) is 0.199. The maximum atomic E-state index is 14.1. The number of ether oxygens (including phenoxy) is 1. The van der Waals surface area contributed by atoms with E-state index in [1.165, 1.54) is 6.92 Å². The molecular formula is C27H42O5. The van der Waals surface area contributed by atoms with Gasteiger partial charge in [0.05, 0.1) is 0 Å². The van der Waals surface area contributed by atoms with E-state index in [1.807, 2.05) is 0 Å². The van der Waals surface area contributed by atoms with E-state index >= 15 is 0 Å². The zero-order valence-electron chi connectivity index (χ0n) is 20.6. The van der Waals surface area contributed by atoms with Crippen LogP contribution in [0.4, 0.5) is 0 Å². The van der Waals surface area contributed by atoms with Gasteiger partial charge in [-0.05, 0) is 91.8 Å². The largest absolute Gasteiger partial charge is 0.481 e. The first kappa shape index (κ1) is 23.8. The monoisotopic (exact) mass is 446 g/mol. The minimum atomic E-state index is -0.710. The molecule has 0 bridgehead atoms. The summed E-state index contributed by atoms with van der Waals surface area (Å²) in [6.45, 7) is 10.5. The molecule has 0 heterocycles. The van der Waals surface area contributed by atoms with E-state index in [1.54, 1.807) is 0 Å². The maximum absolute atomic E-state index is 14.1. The van der Waals surface area contributed by atoms with E-state index < -0.39 is 5.97 Å². The van der Waals surface area contributed by atoms with Gasteiger partial charge in [-0.1, -0.05) is 27.7 Å². The first-order valence-electron chi connectivity index (χ1n) is 13.0. The number of fused-ring (bicyclic) bond motifs is 5. The fourth-order valence-corrected chi connectivity index (χ4v) is 9.35. The molecule has 1 N–H and O–H groups in total. The average molecular weight is 447 g/mol. The lowest BCUT2D eigenvalue weighted by Crippen LogP contribution is -2.60. The number of ketones is 1. The highest BCUT2D eigenvalue weighted by Gasteiger charge is 2.65. The number of esters is 1. The van der Waals surface area contributed by atoms with Crippen LogP contribution >= 0.6 is 0 Å². The Hall–Kier alpha value is -1.39. The number of carbonyl (C=O) groups excluding carboxylic acids is 2. The Bertz CT molecular complexity index is 776. The summed E-state index contributed by atoms with van der Waals surface area (Å²) in [7, 11) is 0. The number of hydrogen-bond acceptors (Lipinski definition) is 4. The van der Waals surface area contributed by atoms with Crippen LogP contribution in [-0.2, 0) is 19.1 Å². The number of hydrogen-bond donors (Lipinski definition) is 1. The number of Topliss-reactive ketones (excluding diaryl/α,β-unsaturated/α-hetero) is 1. The molecule has 4 aliphatic carbocycles. The molecule has 180 valence electrons. The molecule has 4 aliphatic rings. The predicted octanol–water partition coefficient (Wildman–Crippen LogP) is 5.50. The minimum Gasteiger partial charge on any atom is -0.481 e. The van der Waals surface area contributed by atoms with Crippen molar-refractivity contribution in [3.63, 3.8) is 0 Å².